The molecule has 0 saturated heterocycles. The highest BCUT2D eigenvalue weighted by Gasteiger charge is 2.28. The molecule has 1 aliphatic carbocycles. The zero-order chi connectivity index (χ0) is 14.0. The lowest BCUT2D eigenvalue weighted by Crippen LogP contribution is -2.34. The maximum absolute atomic E-state index is 11.6. The third-order valence-electron chi connectivity index (χ3n) is 3.52. The summed E-state index contributed by atoms with van der Waals surface area (Å²) in [6, 6.07) is 5.80. The van der Waals surface area contributed by atoms with Crippen molar-refractivity contribution in [2.75, 3.05) is 11.6 Å². The minimum atomic E-state index is -2.95. The lowest BCUT2D eigenvalue weighted by atomic mass is 9.95. The van der Waals surface area contributed by atoms with E-state index in [-0.39, 0.29) is 11.3 Å². The van der Waals surface area contributed by atoms with Gasteiger partial charge >= 0.3 is 0 Å². The predicted molar refractivity (Wildman–Crippen MR) is 83.7 cm³/mol. The fourth-order valence-corrected chi connectivity index (χ4v) is 4.20. The van der Waals surface area contributed by atoms with Gasteiger partial charge in [-0.1, -0.05) is 34.0 Å². The maximum atomic E-state index is 11.6. The van der Waals surface area contributed by atoms with Crippen LogP contribution in [0.1, 0.15) is 25.7 Å². The number of benzene rings is 1. The van der Waals surface area contributed by atoms with E-state index in [0.717, 1.165) is 29.4 Å². The van der Waals surface area contributed by atoms with E-state index in [0.29, 0.717) is 11.4 Å². The Kier molecular flexibility index (Phi) is 4.79. The molecule has 1 N–H and O–H groups in total. The van der Waals surface area contributed by atoms with Crippen LogP contribution in [0.15, 0.2) is 22.7 Å². The van der Waals surface area contributed by atoms with Crippen LogP contribution in [0.2, 0.25) is 5.02 Å². The fraction of sp³-hybridized carbons (Fsp3) is 0.538. The van der Waals surface area contributed by atoms with Crippen molar-refractivity contribution in [1.29, 1.82) is 0 Å². The summed E-state index contributed by atoms with van der Waals surface area (Å²) >= 11 is 9.55. The first kappa shape index (κ1) is 15.1. The molecule has 0 amide bonds. The van der Waals surface area contributed by atoms with E-state index in [1.165, 1.54) is 6.26 Å². The summed E-state index contributed by atoms with van der Waals surface area (Å²) in [5.74, 6) is 0. The number of halogens is 2. The third kappa shape index (κ3) is 4.10. The molecule has 1 saturated carbocycles. The smallest absolute Gasteiger partial charge is 0.150 e. The van der Waals surface area contributed by atoms with Gasteiger partial charge in [0.2, 0.25) is 0 Å². The number of rotatable bonds is 3. The van der Waals surface area contributed by atoms with Gasteiger partial charge in [0.15, 0.2) is 0 Å². The van der Waals surface area contributed by atoms with Crippen molar-refractivity contribution < 1.29 is 8.42 Å². The van der Waals surface area contributed by atoms with Gasteiger partial charge in [0.05, 0.1) is 16.0 Å². The molecule has 0 aliphatic heterocycles. The van der Waals surface area contributed by atoms with Gasteiger partial charge in [-0.25, -0.2) is 8.42 Å². The van der Waals surface area contributed by atoms with Gasteiger partial charge in [-0.3, -0.25) is 0 Å². The molecule has 106 valence electrons. The molecular formula is C13H17BrClNO2S. The molecule has 2 atom stereocenters. The summed E-state index contributed by atoms with van der Waals surface area (Å²) in [5, 5.41) is 3.79. The molecule has 0 bridgehead atoms. The van der Waals surface area contributed by atoms with E-state index < -0.39 is 9.84 Å². The molecule has 1 aromatic rings. The largest absolute Gasteiger partial charge is 0.381 e. The second-order valence-electron chi connectivity index (χ2n) is 5.08. The van der Waals surface area contributed by atoms with E-state index in [1.54, 1.807) is 0 Å². The molecule has 0 aromatic heterocycles. The standard InChI is InChI=1S/C13H17BrClNO2S/c1-19(17,18)11-4-2-3-10(8-11)16-13-7-9(14)5-6-12(13)15/h5-7,10-11,16H,2-4,8H2,1H3. The van der Waals surface area contributed by atoms with Crippen LogP contribution in [0.3, 0.4) is 0 Å². The second kappa shape index (κ2) is 6.02. The average molecular weight is 367 g/mol. The van der Waals surface area contributed by atoms with Gasteiger partial charge in [-0.2, -0.15) is 0 Å². The normalized spacial score (nSPS) is 24.2. The number of hydrogen-bond acceptors (Lipinski definition) is 3. The molecule has 19 heavy (non-hydrogen) atoms. The Labute approximate surface area is 127 Å². The monoisotopic (exact) mass is 365 g/mol. The highest BCUT2D eigenvalue weighted by Crippen LogP contribution is 2.30. The first-order valence-corrected chi connectivity index (χ1v) is 9.39. The van der Waals surface area contributed by atoms with Crippen LogP contribution in [0.4, 0.5) is 5.69 Å². The highest BCUT2D eigenvalue weighted by atomic mass is 79.9. The van der Waals surface area contributed by atoms with Crippen LogP contribution >= 0.6 is 27.5 Å². The summed E-state index contributed by atoms with van der Waals surface area (Å²) in [4.78, 5) is 0. The Morgan fingerprint density at radius 2 is 2.11 bits per heavy atom. The molecule has 2 unspecified atom stereocenters. The molecule has 1 aromatic carbocycles. The summed E-state index contributed by atoms with van der Waals surface area (Å²) < 4.78 is 24.2. The van der Waals surface area contributed by atoms with Crippen molar-refractivity contribution in [2.24, 2.45) is 0 Å². The number of sulfone groups is 1. The van der Waals surface area contributed by atoms with E-state index in [1.807, 2.05) is 18.2 Å². The third-order valence-corrected chi connectivity index (χ3v) is 5.98. The van der Waals surface area contributed by atoms with Crippen molar-refractivity contribution in [3.8, 4) is 0 Å². The summed E-state index contributed by atoms with van der Waals surface area (Å²) in [5.41, 5.74) is 0.857. The molecule has 0 radical (unpaired) electrons. The van der Waals surface area contributed by atoms with Gasteiger partial charge in [-0.05, 0) is 37.5 Å². The van der Waals surface area contributed by atoms with Crippen molar-refractivity contribution in [1.82, 2.24) is 0 Å². The molecule has 1 fully saturated rings. The summed E-state index contributed by atoms with van der Waals surface area (Å²) in [7, 11) is -2.95. The Balaban J connectivity index is 2.09. The molecule has 2 rings (SSSR count). The zero-order valence-corrected chi connectivity index (χ0v) is 13.9. The summed E-state index contributed by atoms with van der Waals surface area (Å²) in [6.07, 6.45) is 4.66. The van der Waals surface area contributed by atoms with Crippen LogP contribution in [0.5, 0.6) is 0 Å². The first-order valence-electron chi connectivity index (χ1n) is 6.26. The van der Waals surface area contributed by atoms with Gasteiger partial charge in [0.1, 0.15) is 9.84 Å². The molecule has 3 nitrogen and oxygen atoms in total. The van der Waals surface area contributed by atoms with Crippen molar-refractivity contribution in [3.63, 3.8) is 0 Å². The molecule has 1 aliphatic rings. The minimum Gasteiger partial charge on any atom is -0.381 e. The average Bonchev–Trinajstić information content (AvgIpc) is 2.33. The Hall–Kier alpha value is -0.260. The Morgan fingerprint density at radius 3 is 2.79 bits per heavy atom. The van der Waals surface area contributed by atoms with E-state index >= 15 is 0 Å². The predicted octanol–water partition coefficient (Wildman–Crippen LogP) is 3.87. The number of anilines is 1. The molecule has 0 heterocycles. The SMILES string of the molecule is CS(=O)(=O)C1CCCC(Nc2cc(Br)ccc2Cl)C1. The Morgan fingerprint density at radius 1 is 1.37 bits per heavy atom. The van der Waals surface area contributed by atoms with E-state index in [9.17, 15) is 8.42 Å². The van der Waals surface area contributed by atoms with Gasteiger partial charge in [0.25, 0.3) is 0 Å². The number of hydrogen-bond donors (Lipinski definition) is 1. The van der Waals surface area contributed by atoms with Crippen LogP contribution in [-0.2, 0) is 9.84 Å². The van der Waals surface area contributed by atoms with E-state index in [4.69, 9.17) is 11.6 Å². The van der Waals surface area contributed by atoms with Crippen molar-refractivity contribution in [2.45, 2.75) is 37.0 Å². The Bertz CT molecular complexity index is 562. The van der Waals surface area contributed by atoms with Crippen LogP contribution < -0.4 is 5.32 Å². The fourth-order valence-electron chi connectivity index (χ4n) is 2.49. The van der Waals surface area contributed by atoms with Crippen LogP contribution in [0, 0.1) is 0 Å². The van der Waals surface area contributed by atoms with Crippen LogP contribution in [0.25, 0.3) is 0 Å². The number of nitrogens with one attached hydrogen (secondary N) is 1. The molecule has 6 heteroatoms. The summed E-state index contributed by atoms with van der Waals surface area (Å²) in [6.45, 7) is 0. The van der Waals surface area contributed by atoms with Crippen LogP contribution in [-0.4, -0.2) is 26.0 Å². The lowest BCUT2D eigenvalue weighted by molar-refractivity contribution is 0.453. The van der Waals surface area contributed by atoms with Crippen molar-refractivity contribution in [3.05, 3.63) is 27.7 Å². The topological polar surface area (TPSA) is 46.2 Å². The van der Waals surface area contributed by atoms with E-state index in [2.05, 4.69) is 21.2 Å². The van der Waals surface area contributed by atoms with Gasteiger partial charge in [-0.15, -0.1) is 0 Å². The quantitative estimate of drug-likeness (QED) is 0.883. The lowest BCUT2D eigenvalue weighted by Gasteiger charge is -2.29. The zero-order valence-electron chi connectivity index (χ0n) is 10.7. The van der Waals surface area contributed by atoms with Crippen molar-refractivity contribution >= 4 is 43.1 Å². The van der Waals surface area contributed by atoms with Gasteiger partial charge in [0, 0.05) is 16.8 Å². The highest BCUT2D eigenvalue weighted by molar-refractivity contribution is 9.10. The first-order chi connectivity index (χ1) is 8.86. The molecular weight excluding hydrogens is 350 g/mol. The maximum Gasteiger partial charge on any atom is 0.150 e. The minimum absolute atomic E-state index is 0.167. The van der Waals surface area contributed by atoms with Gasteiger partial charge < -0.3 is 5.32 Å². The molecule has 0 spiro atoms. The second-order valence-corrected chi connectivity index (χ2v) is 8.73.